The van der Waals surface area contributed by atoms with Gasteiger partial charge in [-0.05, 0) is 0 Å². The van der Waals surface area contributed by atoms with Crippen molar-refractivity contribution in [2.24, 2.45) is 0 Å². The van der Waals surface area contributed by atoms with Gasteiger partial charge in [0.1, 0.15) is 16.5 Å². The second-order valence-electron chi connectivity index (χ2n) is 3.84. The number of sulfonamides is 1. The predicted octanol–water partition coefficient (Wildman–Crippen LogP) is -0.0172. The Labute approximate surface area is 111 Å². The average molecular weight is 283 g/mol. The molecule has 7 nitrogen and oxygen atoms in total. The summed E-state index contributed by atoms with van der Waals surface area (Å²) in [5.74, 6) is 0.150. The molecule has 0 unspecified atom stereocenters. The molecule has 1 aromatic rings. The van der Waals surface area contributed by atoms with Gasteiger partial charge < -0.3 is 9.47 Å². The zero-order chi connectivity index (χ0) is 13.9. The maximum atomic E-state index is 12.5. The highest BCUT2D eigenvalue weighted by Gasteiger charge is 2.30. The topological polar surface area (TPSA) is 92.5 Å². The summed E-state index contributed by atoms with van der Waals surface area (Å²) >= 11 is 0. The molecule has 0 spiro atoms. The van der Waals surface area contributed by atoms with E-state index in [2.05, 4.69) is 4.98 Å². The average Bonchev–Trinajstić information content (AvgIpc) is 2.47. The molecule has 1 aliphatic heterocycles. The van der Waals surface area contributed by atoms with Crippen molar-refractivity contribution < 1.29 is 17.9 Å². The van der Waals surface area contributed by atoms with E-state index in [1.165, 1.54) is 23.8 Å². The van der Waals surface area contributed by atoms with Gasteiger partial charge in [0.15, 0.2) is 5.75 Å². The minimum atomic E-state index is -3.75. The standard InChI is InChI=1S/C11H13N3O4S/c1-17-10-7-13-8-11(9(10)6-12)19(15,16)14-2-4-18-5-3-14/h7-8H,2-5H2,1H3. The van der Waals surface area contributed by atoms with E-state index in [-0.39, 0.29) is 29.3 Å². The molecular weight excluding hydrogens is 270 g/mol. The van der Waals surface area contributed by atoms with Gasteiger partial charge in [-0.25, -0.2) is 8.42 Å². The van der Waals surface area contributed by atoms with Crippen LogP contribution in [0.25, 0.3) is 0 Å². The molecule has 0 aromatic carbocycles. The lowest BCUT2D eigenvalue weighted by molar-refractivity contribution is 0.0730. The smallest absolute Gasteiger partial charge is 0.246 e. The van der Waals surface area contributed by atoms with Gasteiger partial charge in [-0.3, -0.25) is 4.98 Å². The van der Waals surface area contributed by atoms with E-state index in [1.54, 1.807) is 0 Å². The first-order valence-corrected chi connectivity index (χ1v) is 7.05. The first-order chi connectivity index (χ1) is 9.11. The molecule has 102 valence electrons. The summed E-state index contributed by atoms with van der Waals surface area (Å²) in [7, 11) is -2.38. The highest BCUT2D eigenvalue weighted by Crippen LogP contribution is 2.26. The maximum Gasteiger partial charge on any atom is 0.246 e. The Bertz CT molecular complexity index is 603. The first-order valence-electron chi connectivity index (χ1n) is 5.61. The molecule has 1 saturated heterocycles. The molecule has 0 N–H and O–H groups in total. The minimum absolute atomic E-state index is 0.0241. The van der Waals surface area contributed by atoms with Crippen LogP contribution in [0.4, 0.5) is 0 Å². The third kappa shape index (κ3) is 2.53. The largest absolute Gasteiger partial charge is 0.494 e. The van der Waals surface area contributed by atoms with Crippen LogP contribution in [0.15, 0.2) is 17.3 Å². The van der Waals surface area contributed by atoms with Crippen LogP contribution in [-0.2, 0) is 14.8 Å². The van der Waals surface area contributed by atoms with Crippen LogP contribution >= 0.6 is 0 Å². The number of nitrogens with zero attached hydrogens (tertiary/aromatic N) is 3. The summed E-state index contributed by atoms with van der Waals surface area (Å²) < 4.78 is 36.3. The summed E-state index contributed by atoms with van der Waals surface area (Å²) in [6.07, 6.45) is 2.49. The van der Waals surface area contributed by atoms with E-state index in [4.69, 9.17) is 14.7 Å². The van der Waals surface area contributed by atoms with Crippen molar-refractivity contribution in [3.8, 4) is 11.8 Å². The van der Waals surface area contributed by atoms with Crippen molar-refractivity contribution in [2.45, 2.75) is 4.90 Å². The monoisotopic (exact) mass is 283 g/mol. The molecule has 0 bridgehead atoms. The highest BCUT2D eigenvalue weighted by atomic mass is 32.2. The summed E-state index contributed by atoms with van der Waals surface area (Å²) in [4.78, 5) is 3.68. The highest BCUT2D eigenvalue weighted by molar-refractivity contribution is 7.89. The Morgan fingerprint density at radius 3 is 2.68 bits per heavy atom. The normalized spacial score (nSPS) is 16.8. The van der Waals surface area contributed by atoms with Gasteiger partial charge in [0, 0.05) is 19.3 Å². The third-order valence-electron chi connectivity index (χ3n) is 2.80. The number of nitriles is 1. The fourth-order valence-electron chi connectivity index (χ4n) is 1.81. The van der Waals surface area contributed by atoms with Crippen molar-refractivity contribution in [3.63, 3.8) is 0 Å². The predicted molar refractivity (Wildman–Crippen MR) is 65.1 cm³/mol. The van der Waals surface area contributed by atoms with Gasteiger partial charge in [0.25, 0.3) is 0 Å². The lowest BCUT2D eigenvalue weighted by atomic mass is 10.3. The Hall–Kier alpha value is -1.69. The van der Waals surface area contributed by atoms with Crippen LogP contribution in [-0.4, -0.2) is 51.1 Å². The van der Waals surface area contributed by atoms with Gasteiger partial charge in [-0.15, -0.1) is 0 Å². The van der Waals surface area contributed by atoms with Crippen LogP contribution in [0.1, 0.15) is 5.56 Å². The SMILES string of the molecule is COc1cncc(S(=O)(=O)N2CCOCC2)c1C#N. The Balaban J connectivity index is 2.49. The van der Waals surface area contributed by atoms with Crippen molar-refractivity contribution in [1.82, 2.24) is 9.29 Å². The van der Waals surface area contributed by atoms with Gasteiger partial charge in [-0.2, -0.15) is 9.57 Å². The molecule has 0 saturated carbocycles. The molecule has 2 heterocycles. The zero-order valence-corrected chi connectivity index (χ0v) is 11.2. The lowest BCUT2D eigenvalue weighted by Crippen LogP contribution is -2.40. The van der Waals surface area contributed by atoms with Gasteiger partial charge in [0.05, 0.1) is 26.5 Å². The Kier molecular flexibility index (Phi) is 3.99. The fourth-order valence-corrected chi connectivity index (χ4v) is 3.32. The number of morpholine rings is 1. The molecule has 0 aliphatic carbocycles. The number of methoxy groups -OCH3 is 1. The molecule has 2 rings (SSSR count). The minimum Gasteiger partial charge on any atom is -0.494 e. The molecule has 0 radical (unpaired) electrons. The van der Waals surface area contributed by atoms with Crippen LogP contribution in [0.3, 0.4) is 0 Å². The molecular formula is C11H13N3O4S. The quantitative estimate of drug-likeness (QED) is 0.774. The van der Waals surface area contributed by atoms with Crippen LogP contribution in [0.2, 0.25) is 0 Å². The Morgan fingerprint density at radius 2 is 2.11 bits per heavy atom. The molecule has 8 heteroatoms. The molecule has 1 aliphatic rings. The van der Waals surface area contributed by atoms with Crippen molar-refractivity contribution in [1.29, 1.82) is 5.26 Å². The molecule has 1 aromatic heterocycles. The number of hydrogen-bond donors (Lipinski definition) is 0. The Morgan fingerprint density at radius 1 is 1.42 bits per heavy atom. The number of hydrogen-bond acceptors (Lipinski definition) is 6. The number of aromatic nitrogens is 1. The maximum absolute atomic E-state index is 12.5. The summed E-state index contributed by atoms with van der Waals surface area (Å²) in [5, 5.41) is 9.13. The molecule has 1 fully saturated rings. The second kappa shape index (κ2) is 5.52. The number of ether oxygens (including phenoxy) is 2. The number of rotatable bonds is 3. The molecule has 19 heavy (non-hydrogen) atoms. The van der Waals surface area contributed by atoms with E-state index in [1.807, 2.05) is 6.07 Å². The van der Waals surface area contributed by atoms with Crippen LogP contribution in [0.5, 0.6) is 5.75 Å². The summed E-state index contributed by atoms with van der Waals surface area (Å²) in [6, 6.07) is 1.86. The fraction of sp³-hybridized carbons (Fsp3) is 0.455. The summed E-state index contributed by atoms with van der Waals surface area (Å²) in [5.41, 5.74) is -0.0241. The van der Waals surface area contributed by atoms with E-state index in [0.717, 1.165) is 0 Å². The first kappa shape index (κ1) is 13.7. The molecule has 0 atom stereocenters. The lowest BCUT2D eigenvalue weighted by Gasteiger charge is -2.26. The molecule has 0 amide bonds. The van der Waals surface area contributed by atoms with Gasteiger partial charge in [-0.1, -0.05) is 0 Å². The van der Waals surface area contributed by atoms with Crippen molar-refractivity contribution in [3.05, 3.63) is 18.0 Å². The van der Waals surface area contributed by atoms with Crippen molar-refractivity contribution in [2.75, 3.05) is 33.4 Å². The zero-order valence-electron chi connectivity index (χ0n) is 10.4. The van der Waals surface area contributed by atoms with Gasteiger partial charge >= 0.3 is 0 Å². The third-order valence-corrected chi connectivity index (χ3v) is 4.71. The van der Waals surface area contributed by atoms with Gasteiger partial charge in [0.2, 0.25) is 10.0 Å². The summed E-state index contributed by atoms with van der Waals surface area (Å²) in [6.45, 7) is 1.23. The van der Waals surface area contributed by atoms with Crippen LogP contribution < -0.4 is 4.74 Å². The van der Waals surface area contributed by atoms with E-state index >= 15 is 0 Å². The second-order valence-corrected chi connectivity index (χ2v) is 5.75. The van der Waals surface area contributed by atoms with Crippen molar-refractivity contribution >= 4 is 10.0 Å². The van der Waals surface area contributed by atoms with Crippen LogP contribution in [0, 0.1) is 11.3 Å². The van der Waals surface area contributed by atoms with E-state index < -0.39 is 10.0 Å². The van der Waals surface area contributed by atoms with E-state index in [0.29, 0.717) is 13.2 Å². The van der Waals surface area contributed by atoms with E-state index in [9.17, 15) is 8.42 Å². The number of pyridine rings is 1.